The van der Waals surface area contributed by atoms with Gasteiger partial charge in [0.15, 0.2) is 0 Å². The molecule has 1 nitrogen and oxygen atoms in total. The molecule has 0 atom stereocenters. The van der Waals surface area contributed by atoms with Gasteiger partial charge in [0.1, 0.15) is 0 Å². The van der Waals surface area contributed by atoms with Gasteiger partial charge in [-0.25, -0.2) is 0 Å². The van der Waals surface area contributed by atoms with Gasteiger partial charge in [0, 0.05) is 0 Å². The van der Waals surface area contributed by atoms with Gasteiger partial charge in [-0.2, -0.15) is 5.26 Å². The maximum absolute atomic E-state index is 9.68. The maximum Gasteiger partial charge on any atom is 0.0689 e. The first-order chi connectivity index (χ1) is 10.2. The molecule has 2 aliphatic rings. The molecule has 0 aromatic heterocycles. The van der Waals surface area contributed by atoms with Crippen LogP contribution in [0.1, 0.15) is 97.3 Å². The number of nitrogens with zero attached hydrogens (tertiary/aromatic N) is 1. The molecule has 0 unspecified atom stereocenters. The van der Waals surface area contributed by atoms with Crippen molar-refractivity contribution in [2.45, 2.75) is 97.3 Å². The summed E-state index contributed by atoms with van der Waals surface area (Å²) in [6.07, 6.45) is 17.2. The minimum Gasteiger partial charge on any atom is -0.198 e. The lowest BCUT2D eigenvalue weighted by molar-refractivity contribution is 0.119. The van der Waals surface area contributed by atoms with Gasteiger partial charge < -0.3 is 0 Å². The standard InChI is InChI=1S/C20H35N/c1-3-4-5-6-13-20(16-21)14-11-19(12-15-20)18-9-7-17(2)8-10-18/h17-19H,3-15H2,1-2H3. The highest BCUT2D eigenvalue weighted by atomic mass is 14.4. The molecule has 0 saturated heterocycles. The molecule has 2 rings (SSSR count). The Kier molecular flexibility index (Phi) is 6.59. The Balaban J connectivity index is 1.76. The lowest BCUT2D eigenvalue weighted by atomic mass is 9.63. The second-order valence-corrected chi connectivity index (χ2v) is 8.06. The van der Waals surface area contributed by atoms with E-state index in [9.17, 15) is 5.26 Å². The molecular weight excluding hydrogens is 254 g/mol. The van der Waals surface area contributed by atoms with Crippen LogP contribution in [0.15, 0.2) is 0 Å². The van der Waals surface area contributed by atoms with Gasteiger partial charge in [0.2, 0.25) is 0 Å². The minimum atomic E-state index is 0.0478. The molecular formula is C20H35N. The van der Waals surface area contributed by atoms with E-state index in [4.69, 9.17) is 0 Å². The first-order valence-corrected chi connectivity index (χ1v) is 9.60. The Hall–Kier alpha value is -0.510. The fraction of sp³-hybridized carbons (Fsp3) is 0.950. The number of hydrogen-bond donors (Lipinski definition) is 0. The lowest BCUT2D eigenvalue weighted by Crippen LogP contribution is -2.30. The fourth-order valence-corrected chi connectivity index (χ4v) is 4.73. The molecule has 0 bridgehead atoms. The lowest BCUT2D eigenvalue weighted by Gasteiger charge is -2.40. The predicted molar refractivity (Wildman–Crippen MR) is 89.9 cm³/mol. The van der Waals surface area contributed by atoms with E-state index in [1.807, 2.05) is 0 Å². The predicted octanol–water partition coefficient (Wildman–Crippen LogP) is 6.48. The Morgan fingerprint density at radius 2 is 1.52 bits per heavy atom. The summed E-state index contributed by atoms with van der Waals surface area (Å²) >= 11 is 0. The zero-order valence-corrected chi connectivity index (χ0v) is 14.4. The summed E-state index contributed by atoms with van der Waals surface area (Å²) in [5.74, 6) is 2.88. The van der Waals surface area contributed by atoms with E-state index in [0.29, 0.717) is 0 Å². The van der Waals surface area contributed by atoms with Crippen LogP contribution in [-0.4, -0.2) is 0 Å². The molecule has 2 fully saturated rings. The van der Waals surface area contributed by atoms with Crippen molar-refractivity contribution in [3.05, 3.63) is 0 Å². The van der Waals surface area contributed by atoms with Crippen LogP contribution < -0.4 is 0 Å². The fourth-order valence-electron chi connectivity index (χ4n) is 4.73. The summed E-state index contributed by atoms with van der Waals surface area (Å²) in [6.45, 7) is 4.67. The molecule has 2 saturated carbocycles. The van der Waals surface area contributed by atoms with E-state index in [-0.39, 0.29) is 5.41 Å². The van der Waals surface area contributed by atoms with Gasteiger partial charge >= 0.3 is 0 Å². The number of hydrogen-bond acceptors (Lipinski definition) is 1. The quantitative estimate of drug-likeness (QED) is 0.513. The average Bonchev–Trinajstić information content (AvgIpc) is 2.53. The van der Waals surface area contributed by atoms with Gasteiger partial charge in [0.05, 0.1) is 11.5 Å². The monoisotopic (exact) mass is 289 g/mol. The molecule has 0 aromatic rings. The first-order valence-electron chi connectivity index (χ1n) is 9.60. The van der Waals surface area contributed by atoms with Crippen molar-refractivity contribution < 1.29 is 0 Å². The number of nitriles is 1. The molecule has 0 radical (unpaired) electrons. The van der Waals surface area contributed by atoms with Gasteiger partial charge in [-0.05, 0) is 62.7 Å². The summed E-state index contributed by atoms with van der Waals surface area (Å²) in [7, 11) is 0. The second kappa shape index (κ2) is 8.21. The summed E-state index contributed by atoms with van der Waals surface area (Å²) in [5.41, 5.74) is 0.0478. The van der Waals surface area contributed by atoms with E-state index in [1.54, 1.807) is 0 Å². The van der Waals surface area contributed by atoms with Crippen molar-refractivity contribution in [2.75, 3.05) is 0 Å². The third-order valence-electron chi connectivity index (χ3n) is 6.46. The normalized spacial score (nSPS) is 37.1. The van der Waals surface area contributed by atoms with Gasteiger partial charge in [-0.15, -0.1) is 0 Å². The second-order valence-electron chi connectivity index (χ2n) is 8.06. The third kappa shape index (κ3) is 4.73. The van der Waals surface area contributed by atoms with E-state index >= 15 is 0 Å². The van der Waals surface area contributed by atoms with Crippen LogP contribution in [0, 0.1) is 34.5 Å². The van der Waals surface area contributed by atoms with Gasteiger partial charge in [0.25, 0.3) is 0 Å². The molecule has 0 N–H and O–H groups in total. The molecule has 0 aromatic carbocycles. The topological polar surface area (TPSA) is 23.8 Å². The Labute approximate surface area is 132 Å². The van der Waals surface area contributed by atoms with Crippen molar-refractivity contribution in [2.24, 2.45) is 23.2 Å². The maximum atomic E-state index is 9.68. The zero-order valence-electron chi connectivity index (χ0n) is 14.4. The van der Waals surface area contributed by atoms with Crippen molar-refractivity contribution in [1.29, 1.82) is 5.26 Å². The van der Waals surface area contributed by atoms with E-state index in [2.05, 4.69) is 19.9 Å². The smallest absolute Gasteiger partial charge is 0.0689 e. The highest BCUT2D eigenvalue weighted by Gasteiger charge is 2.37. The van der Waals surface area contributed by atoms with E-state index < -0.39 is 0 Å². The number of unbranched alkanes of at least 4 members (excludes halogenated alkanes) is 3. The molecule has 120 valence electrons. The van der Waals surface area contributed by atoms with Crippen molar-refractivity contribution in [3.8, 4) is 6.07 Å². The highest BCUT2D eigenvalue weighted by molar-refractivity contribution is 5.02. The van der Waals surface area contributed by atoms with Gasteiger partial charge in [-0.1, -0.05) is 52.4 Å². The van der Waals surface area contributed by atoms with Crippen LogP contribution in [0.3, 0.4) is 0 Å². The number of rotatable bonds is 6. The molecule has 0 amide bonds. The Morgan fingerprint density at radius 3 is 2.10 bits per heavy atom. The van der Waals surface area contributed by atoms with Crippen molar-refractivity contribution in [1.82, 2.24) is 0 Å². The van der Waals surface area contributed by atoms with Crippen LogP contribution >= 0.6 is 0 Å². The average molecular weight is 290 g/mol. The highest BCUT2D eigenvalue weighted by Crippen LogP contribution is 2.47. The van der Waals surface area contributed by atoms with Crippen molar-refractivity contribution >= 4 is 0 Å². The molecule has 1 heteroatoms. The summed E-state index contributed by atoms with van der Waals surface area (Å²) in [4.78, 5) is 0. The van der Waals surface area contributed by atoms with Crippen LogP contribution in [0.2, 0.25) is 0 Å². The van der Waals surface area contributed by atoms with Crippen LogP contribution in [0.5, 0.6) is 0 Å². The first kappa shape index (κ1) is 16.9. The van der Waals surface area contributed by atoms with Gasteiger partial charge in [-0.3, -0.25) is 0 Å². The van der Waals surface area contributed by atoms with Crippen LogP contribution in [0.4, 0.5) is 0 Å². The zero-order chi connectivity index (χ0) is 15.1. The largest absolute Gasteiger partial charge is 0.198 e. The third-order valence-corrected chi connectivity index (χ3v) is 6.46. The van der Waals surface area contributed by atoms with Crippen molar-refractivity contribution in [3.63, 3.8) is 0 Å². The Morgan fingerprint density at radius 1 is 0.905 bits per heavy atom. The molecule has 2 aliphatic carbocycles. The minimum absolute atomic E-state index is 0.0478. The SMILES string of the molecule is CCCCCCC1(C#N)CCC(C2CCC(C)CC2)CC1. The van der Waals surface area contributed by atoms with Crippen LogP contribution in [-0.2, 0) is 0 Å². The summed E-state index contributed by atoms with van der Waals surface area (Å²) in [5, 5.41) is 9.68. The summed E-state index contributed by atoms with van der Waals surface area (Å²) < 4.78 is 0. The molecule has 0 aliphatic heterocycles. The molecule has 0 heterocycles. The molecule has 21 heavy (non-hydrogen) atoms. The van der Waals surface area contributed by atoms with E-state index in [1.165, 1.54) is 77.0 Å². The van der Waals surface area contributed by atoms with E-state index in [0.717, 1.165) is 24.2 Å². The Bertz CT molecular complexity index is 324. The molecule has 0 spiro atoms. The summed E-state index contributed by atoms with van der Waals surface area (Å²) in [6, 6.07) is 2.72. The van der Waals surface area contributed by atoms with Crippen LogP contribution in [0.25, 0.3) is 0 Å².